The molecule has 2 heteroatoms. The van der Waals surface area contributed by atoms with Gasteiger partial charge in [-0.25, -0.2) is 0 Å². The fourth-order valence-corrected chi connectivity index (χ4v) is 2.39. The van der Waals surface area contributed by atoms with E-state index in [2.05, 4.69) is 42.5 Å². The third-order valence-corrected chi connectivity index (χ3v) is 3.28. The molecule has 2 aromatic carbocycles. The third kappa shape index (κ3) is 2.77. The average molecular weight is 235 g/mol. The molecule has 0 bridgehead atoms. The number of thioether (sulfide) groups is 1. The number of hydrogen-bond donors (Lipinski definition) is 0. The lowest BCUT2D eigenvalue weighted by Crippen LogP contribution is -1.76. The molecule has 0 aliphatic rings. The highest BCUT2D eigenvalue weighted by Crippen LogP contribution is 2.23. The molecule has 0 spiro atoms. The topological polar surface area (TPSA) is 0 Å². The first-order chi connectivity index (χ1) is 7.40. The maximum Gasteiger partial charge on any atom is 0.0172 e. The fraction of sp³-hybridized carbons (Fsp3) is 0.0769. The summed E-state index contributed by atoms with van der Waals surface area (Å²) in [5.74, 6) is 0.918. The Bertz CT molecular complexity index is 477. The van der Waals surface area contributed by atoms with Crippen LogP contribution in [0, 0.1) is 0 Å². The van der Waals surface area contributed by atoms with Crippen LogP contribution in [0.3, 0.4) is 0 Å². The highest BCUT2D eigenvalue weighted by molar-refractivity contribution is 7.99. The second kappa shape index (κ2) is 5.24. The van der Waals surface area contributed by atoms with Crippen molar-refractivity contribution in [2.45, 2.75) is 4.90 Å². The summed E-state index contributed by atoms with van der Waals surface area (Å²) in [6, 6.07) is 14.9. The highest BCUT2D eigenvalue weighted by atomic mass is 35.5. The summed E-state index contributed by atoms with van der Waals surface area (Å²) in [7, 11) is 0. The number of halogens is 1. The predicted molar refractivity (Wildman–Crippen MR) is 69.7 cm³/mol. The van der Waals surface area contributed by atoms with Gasteiger partial charge in [-0.1, -0.05) is 48.0 Å². The molecule has 0 unspecified atom stereocenters. The summed E-state index contributed by atoms with van der Waals surface area (Å²) in [6.45, 7) is 0. The maximum absolute atomic E-state index is 5.47. The first kappa shape index (κ1) is 10.6. The Morgan fingerprint density at radius 1 is 1.07 bits per heavy atom. The van der Waals surface area contributed by atoms with Crippen molar-refractivity contribution in [3.8, 4) is 0 Å². The molecule has 0 aliphatic carbocycles. The van der Waals surface area contributed by atoms with Crippen LogP contribution in [-0.2, 0) is 0 Å². The van der Waals surface area contributed by atoms with Gasteiger partial charge in [-0.15, -0.1) is 11.8 Å². The Morgan fingerprint density at radius 2 is 1.87 bits per heavy atom. The summed E-state index contributed by atoms with van der Waals surface area (Å²) in [4.78, 5) is 1.28. The Labute approximate surface area is 98.9 Å². The van der Waals surface area contributed by atoms with Crippen molar-refractivity contribution < 1.29 is 0 Å². The van der Waals surface area contributed by atoms with Crippen molar-refractivity contribution in [2.24, 2.45) is 0 Å². The van der Waals surface area contributed by atoms with Gasteiger partial charge in [-0.05, 0) is 22.9 Å². The summed E-state index contributed by atoms with van der Waals surface area (Å²) < 4.78 is 0. The van der Waals surface area contributed by atoms with E-state index in [1.54, 1.807) is 17.3 Å². The van der Waals surface area contributed by atoms with Gasteiger partial charge < -0.3 is 0 Å². The standard InChI is InChI=1S/C13H11ClS/c14-8-3-9-15-13-7-6-11-4-1-2-5-12(11)10-13/h1-8,10H,9H2/b8-3+. The van der Waals surface area contributed by atoms with Gasteiger partial charge in [0.2, 0.25) is 0 Å². The minimum Gasteiger partial charge on any atom is -0.122 e. The van der Waals surface area contributed by atoms with E-state index < -0.39 is 0 Å². The van der Waals surface area contributed by atoms with Crippen LogP contribution in [0.2, 0.25) is 0 Å². The van der Waals surface area contributed by atoms with E-state index in [0.717, 1.165) is 5.75 Å². The summed E-state index contributed by atoms with van der Waals surface area (Å²) in [5, 5.41) is 2.58. The lowest BCUT2D eigenvalue weighted by atomic mass is 10.1. The lowest BCUT2D eigenvalue weighted by Gasteiger charge is -2.01. The molecule has 0 aromatic heterocycles. The summed E-state index contributed by atoms with van der Waals surface area (Å²) in [6.07, 6.45) is 1.95. The number of hydrogen-bond acceptors (Lipinski definition) is 1. The van der Waals surface area contributed by atoms with Crippen molar-refractivity contribution in [1.29, 1.82) is 0 Å². The molecule has 0 saturated carbocycles. The van der Waals surface area contributed by atoms with Gasteiger partial charge in [0.25, 0.3) is 0 Å². The van der Waals surface area contributed by atoms with Crippen LogP contribution < -0.4 is 0 Å². The molecule has 0 atom stereocenters. The van der Waals surface area contributed by atoms with Crippen molar-refractivity contribution >= 4 is 34.1 Å². The van der Waals surface area contributed by atoms with Crippen molar-refractivity contribution in [2.75, 3.05) is 5.75 Å². The molecule has 0 radical (unpaired) electrons. The number of rotatable bonds is 3. The Balaban J connectivity index is 2.23. The number of fused-ring (bicyclic) bond motifs is 1. The van der Waals surface area contributed by atoms with Crippen LogP contribution in [0.5, 0.6) is 0 Å². The van der Waals surface area contributed by atoms with Crippen LogP contribution in [-0.4, -0.2) is 5.75 Å². The molecular formula is C13H11ClS. The van der Waals surface area contributed by atoms with E-state index in [1.165, 1.54) is 15.7 Å². The van der Waals surface area contributed by atoms with Gasteiger partial charge in [0.15, 0.2) is 0 Å². The van der Waals surface area contributed by atoms with Crippen LogP contribution in [0.15, 0.2) is 59.0 Å². The predicted octanol–water partition coefficient (Wildman–Crippen LogP) is 4.68. The first-order valence-electron chi connectivity index (χ1n) is 4.77. The quantitative estimate of drug-likeness (QED) is 0.695. The molecule has 15 heavy (non-hydrogen) atoms. The van der Waals surface area contributed by atoms with E-state index in [4.69, 9.17) is 11.6 Å². The van der Waals surface area contributed by atoms with Crippen LogP contribution in [0.4, 0.5) is 0 Å². The zero-order valence-corrected chi connectivity index (χ0v) is 9.76. The molecule has 0 nitrogen and oxygen atoms in total. The van der Waals surface area contributed by atoms with Crippen molar-refractivity contribution in [1.82, 2.24) is 0 Å². The molecule has 0 saturated heterocycles. The second-order valence-electron chi connectivity index (χ2n) is 3.18. The van der Waals surface area contributed by atoms with E-state index in [1.807, 2.05) is 6.08 Å². The van der Waals surface area contributed by atoms with Crippen LogP contribution in [0.1, 0.15) is 0 Å². The van der Waals surface area contributed by atoms with E-state index in [-0.39, 0.29) is 0 Å². The zero-order chi connectivity index (χ0) is 10.5. The maximum atomic E-state index is 5.47. The van der Waals surface area contributed by atoms with E-state index in [0.29, 0.717) is 0 Å². The van der Waals surface area contributed by atoms with Gasteiger partial charge in [0.05, 0.1) is 0 Å². The SMILES string of the molecule is Cl/C=C/CSc1ccc2ccccc2c1. The molecule has 0 N–H and O–H groups in total. The molecular weight excluding hydrogens is 224 g/mol. The summed E-state index contributed by atoms with van der Waals surface area (Å²) >= 11 is 7.26. The van der Waals surface area contributed by atoms with Gasteiger partial charge in [-0.2, -0.15) is 0 Å². The third-order valence-electron chi connectivity index (χ3n) is 2.16. The average Bonchev–Trinajstić information content (AvgIpc) is 2.29. The van der Waals surface area contributed by atoms with Crippen molar-refractivity contribution in [3.63, 3.8) is 0 Å². The summed E-state index contributed by atoms with van der Waals surface area (Å²) in [5.41, 5.74) is 1.56. The molecule has 0 heterocycles. The van der Waals surface area contributed by atoms with E-state index >= 15 is 0 Å². The monoisotopic (exact) mass is 234 g/mol. The fourth-order valence-electron chi connectivity index (χ4n) is 1.44. The van der Waals surface area contributed by atoms with Gasteiger partial charge >= 0.3 is 0 Å². The van der Waals surface area contributed by atoms with Gasteiger partial charge in [0, 0.05) is 16.2 Å². The number of benzene rings is 2. The Kier molecular flexibility index (Phi) is 3.70. The van der Waals surface area contributed by atoms with E-state index in [9.17, 15) is 0 Å². The van der Waals surface area contributed by atoms with Gasteiger partial charge in [-0.3, -0.25) is 0 Å². The van der Waals surface area contributed by atoms with Crippen LogP contribution >= 0.6 is 23.4 Å². The van der Waals surface area contributed by atoms with Gasteiger partial charge in [0.1, 0.15) is 0 Å². The largest absolute Gasteiger partial charge is 0.122 e. The normalized spacial score (nSPS) is 11.3. The minimum atomic E-state index is 0.918. The second-order valence-corrected chi connectivity index (χ2v) is 4.53. The molecule has 2 rings (SSSR count). The molecule has 0 aliphatic heterocycles. The Morgan fingerprint density at radius 3 is 2.67 bits per heavy atom. The molecule has 76 valence electrons. The molecule has 2 aromatic rings. The highest BCUT2D eigenvalue weighted by Gasteiger charge is 1.95. The van der Waals surface area contributed by atoms with Crippen LogP contribution in [0.25, 0.3) is 10.8 Å². The lowest BCUT2D eigenvalue weighted by molar-refractivity contribution is 1.50. The zero-order valence-electron chi connectivity index (χ0n) is 8.19. The Hall–Kier alpha value is -0.920. The smallest absolute Gasteiger partial charge is 0.0172 e. The molecule has 0 fully saturated rings. The first-order valence-corrected chi connectivity index (χ1v) is 6.19. The minimum absolute atomic E-state index is 0.918. The van der Waals surface area contributed by atoms with Crippen molar-refractivity contribution in [3.05, 3.63) is 54.1 Å². The molecule has 0 amide bonds.